The second kappa shape index (κ2) is 5.17. The van der Waals surface area contributed by atoms with E-state index in [1.807, 2.05) is 0 Å². The fourth-order valence-corrected chi connectivity index (χ4v) is 1.93. The zero-order valence-corrected chi connectivity index (χ0v) is 7.97. The van der Waals surface area contributed by atoms with Crippen molar-refractivity contribution in [1.82, 2.24) is 0 Å². The topological polar surface area (TPSA) is 77.8 Å². The minimum absolute atomic E-state index is 0.104. The Morgan fingerprint density at radius 1 is 1.36 bits per heavy atom. The molecule has 0 radical (unpaired) electrons. The summed E-state index contributed by atoms with van der Waals surface area (Å²) in [4.78, 5) is 10.3. The zero-order chi connectivity index (χ0) is 10.6. The van der Waals surface area contributed by atoms with E-state index >= 15 is 0 Å². The molecule has 0 aromatic carbocycles. The van der Waals surface area contributed by atoms with E-state index in [1.165, 1.54) is 0 Å². The van der Waals surface area contributed by atoms with E-state index in [-0.39, 0.29) is 11.7 Å². The standard InChI is InChI=1S/C9H15BO4/c11-9(12)5-4-7-2-1-3-8(6-7)10(13)14/h4-5,7-8,13-14H,1-3,6H2,(H,11,12)/b5-4+. The Balaban J connectivity index is 2.44. The van der Waals surface area contributed by atoms with Crippen LogP contribution in [-0.4, -0.2) is 28.2 Å². The van der Waals surface area contributed by atoms with Crippen LogP contribution in [0.2, 0.25) is 5.82 Å². The molecule has 1 aliphatic carbocycles. The lowest BCUT2D eigenvalue weighted by molar-refractivity contribution is -0.131. The molecule has 1 aliphatic rings. The number of allylic oxidation sites excluding steroid dienone is 1. The van der Waals surface area contributed by atoms with Crippen LogP contribution >= 0.6 is 0 Å². The summed E-state index contributed by atoms with van der Waals surface area (Å²) in [5, 5.41) is 26.4. The lowest BCUT2D eigenvalue weighted by Crippen LogP contribution is -2.25. The number of carboxylic acids is 1. The highest BCUT2D eigenvalue weighted by Gasteiger charge is 2.28. The second-order valence-corrected chi connectivity index (χ2v) is 3.80. The molecule has 0 spiro atoms. The fraction of sp³-hybridized carbons (Fsp3) is 0.667. The van der Waals surface area contributed by atoms with Crippen LogP contribution in [0.4, 0.5) is 0 Å². The van der Waals surface area contributed by atoms with Gasteiger partial charge in [0.25, 0.3) is 0 Å². The van der Waals surface area contributed by atoms with Crippen LogP contribution in [0.25, 0.3) is 0 Å². The summed E-state index contributed by atoms with van der Waals surface area (Å²) in [6.45, 7) is 0. The Kier molecular flexibility index (Phi) is 4.16. The smallest absolute Gasteiger partial charge is 0.454 e. The Labute approximate surface area is 83.4 Å². The first-order chi connectivity index (χ1) is 6.59. The highest BCUT2D eigenvalue weighted by atomic mass is 16.4. The Bertz CT molecular complexity index is 227. The van der Waals surface area contributed by atoms with Crippen molar-refractivity contribution in [3.8, 4) is 0 Å². The Morgan fingerprint density at radius 3 is 2.64 bits per heavy atom. The van der Waals surface area contributed by atoms with Crippen LogP contribution in [0.15, 0.2) is 12.2 Å². The quantitative estimate of drug-likeness (QED) is 0.459. The highest BCUT2D eigenvalue weighted by molar-refractivity contribution is 6.43. The van der Waals surface area contributed by atoms with Gasteiger partial charge in [-0.05, 0) is 24.6 Å². The molecule has 0 bridgehead atoms. The van der Waals surface area contributed by atoms with Crippen molar-refractivity contribution >= 4 is 13.1 Å². The van der Waals surface area contributed by atoms with E-state index < -0.39 is 13.1 Å². The van der Waals surface area contributed by atoms with Crippen LogP contribution in [-0.2, 0) is 4.79 Å². The van der Waals surface area contributed by atoms with Gasteiger partial charge in [0.2, 0.25) is 0 Å². The van der Waals surface area contributed by atoms with E-state index in [1.54, 1.807) is 6.08 Å². The number of hydrogen-bond donors (Lipinski definition) is 3. The molecule has 0 saturated heterocycles. The maximum atomic E-state index is 10.3. The number of carbonyl (C=O) groups is 1. The number of aliphatic carboxylic acids is 1. The normalized spacial score (nSPS) is 27.9. The van der Waals surface area contributed by atoms with Crippen molar-refractivity contribution in [1.29, 1.82) is 0 Å². The van der Waals surface area contributed by atoms with Crippen LogP contribution in [0.3, 0.4) is 0 Å². The Morgan fingerprint density at radius 2 is 2.07 bits per heavy atom. The lowest BCUT2D eigenvalue weighted by Gasteiger charge is -2.26. The summed E-state index contributed by atoms with van der Waals surface area (Å²) in [5.74, 6) is -0.879. The Hall–Kier alpha value is -0.805. The summed E-state index contributed by atoms with van der Waals surface area (Å²) in [7, 11) is -1.27. The van der Waals surface area contributed by atoms with Gasteiger partial charge in [-0.2, -0.15) is 0 Å². The highest BCUT2D eigenvalue weighted by Crippen LogP contribution is 2.34. The third-order valence-corrected chi connectivity index (χ3v) is 2.69. The predicted molar refractivity (Wildman–Crippen MR) is 52.7 cm³/mol. The van der Waals surface area contributed by atoms with Crippen LogP contribution < -0.4 is 0 Å². The first-order valence-electron chi connectivity index (χ1n) is 4.87. The second-order valence-electron chi connectivity index (χ2n) is 3.80. The molecule has 2 atom stereocenters. The van der Waals surface area contributed by atoms with E-state index in [4.69, 9.17) is 15.2 Å². The molecule has 2 unspecified atom stereocenters. The molecule has 3 N–H and O–H groups in total. The van der Waals surface area contributed by atoms with Crippen molar-refractivity contribution in [2.45, 2.75) is 31.5 Å². The third kappa shape index (κ3) is 3.51. The average molecular weight is 198 g/mol. The SMILES string of the molecule is O=C(O)/C=C/C1CCCC(B(O)O)C1. The van der Waals surface area contributed by atoms with Gasteiger partial charge < -0.3 is 15.2 Å². The summed E-state index contributed by atoms with van der Waals surface area (Å²) in [6.07, 6.45) is 6.13. The molecule has 5 heteroatoms. The summed E-state index contributed by atoms with van der Waals surface area (Å²) < 4.78 is 0. The van der Waals surface area contributed by atoms with Gasteiger partial charge in [0.15, 0.2) is 0 Å². The number of carboxylic acid groups (broad SMARTS) is 1. The first kappa shape index (κ1) is 11.3. The van der Waals surface area contributed by atoms with E-state index in [0.717, 1.165) is 25.3 Å². The molecule has 4 nitrogen and oxygen atoms in total. The minimum atomic E-state index is -1.27. The van der Waals surface area contributed by atoms with Crippen LogP contribution in [0.1, 0.15) is 25.7 Å². The van der Waals surface area contributed by atoms with Gasteiger partial charge in [-0.25, -0.2) is 4.79 Å². The van der Waals surface area contributed by atoms with Crippen molar-refractivity contribution in [2.24, 2.45) is 5.92 Å². The van der Waals surface area contributed by atoms with E-state index in [0.29, 0.717) is 6.42 Å². The van der Waals surface area contributed by atoms with E-state index in [9.17, 15) is 4.79 Å². The predicted octanol–water partition coefficient (Wildman–Crippen LogP) is 0.660. The molecule has 1 saturated carbocycles. The van der Waals surface area contributed by atoms with Crippen molar-refractivity contribution in [2.75, 3.05) is 0 Å². The lowest BCUT2D eigenvalue weighted by atomic mass is 9.62. The molecule has 0 aromatic rings. The molecular weight excluding hydrogens is 183 g/mol. The van der Waals surface area contributed by atoms with Gasteiger partial charge in [-0.3, -0.25) is 0 Å². The molecule has 0 amide bonds. The van der Waals surface area contributed by atoms with Gasteiger partial charge in [0.1, 0.15) is 0 Å². The number of rotatable bonds is 3. The zero-order valence-electron chi connectivity index (χ0n) is 7.97. The van der Waals surface area contributed by atoms with Crippen molar-refractivity contribution < 1.29 is 19.9 Å². The summed E-state index contributed by atoms with van der Waals surface area (Å²) in [5.41, 5.74) is 0. The summed E-state index contributed by atoms with van der Waals surface area (Å²) in [6, 6.07) is 0. The maximum absolute atomic E-state index is 10.3. The van der Waals surface area contributed by atoms with Gasteiger partial charge in [0.05, 0.1) is 0 Å². The molecule has 1 rings (SSSR count). The summed E-state index contributed by atoms with van der Waals surface area (Å²) >= 11 is 0. The van der Waals surface area contributed by atoms with Gasteiger partial charge in [-0.1, -0.05) is 18.9 Å². The average Bonchev–Trinajstić information content (AvgIpc) is 2.15. The van der Waals surface area contributed by atoms with E-state index in [2.05, 4.69) is 0 Å². The monoisotopic (exact) mass is 198 g/mol. The molecule has 0 aromatic heterocycles. The molecular formula is C9H15BO4. The van der Waals surface area contributed by atoms with Crippen LogP contribution in [0.5, 0.6) is 0 Å². The van der Waals surface area contributed by atoms with Gasteiger partial charge in [-0.15, -0.1) is 0 Å². The molecule has 78 valence electrons. The van der Waals surface area contributed by atoms with Gasteiger partial charge >= 0.3 is 13.1 Å². The van der Waals surface area contributed by atoms with Crippen molar-refractivity contribution in [3.63, 3.8) is 0 Å². The molecule has 14 heavy (non-hydrogen) atoms. The molecule has 1 fully saturated rings. The minimum Gasteiger partial charge on any atom is -0.478 e. The van der Waals surface area contributed by atoms with Crippen LogP contribution in [0, 0.1) is 5.92 Å². The third-order valence-electron chi connectivity index (χ3n) is 2.69. The largest absolute Gasteiger partial charge is 0.478 e. The van der Waals surface area contributed by atoms with Crippen molar-refractivity contribution in [3.05, 3.63) is 12.2 Å². The molecule has 0 heterocycles. The molecule has 0 aliphatic heterocycles. The maximum Gasteiger partial charge on any atom is 0.454 e. The number of hydrogen-bond acceptors (Lipinski definition) is 3. The fourth-order valence-electron chi connectivity index (χ4n) is 1.93. The first-order valence-corrected chi connectivity index (χ1v) is 4.87. The van der Waals surface area contributed by atoms with Gasteiger partial charge in [0, 0.05) is 6.08 Å².